The number of aliphatic hydroxyl groups excluding tert-OH is 1. The highest BCUT2D eigenvalue weighted by atomic mass is 35.5. The first kappa shape index (κ1) is 15.1. The molecule has 0 bridgehead atoms. The van der Waals surface area contributed by atoms with Gasteiger partial charge in [0.05, 0.1) is 21.4 Å². The van der Waals surface area contributed by atoms with Crippen LogP contribution in [0.2, 0.25) is 0 Å². The fraction of sp³-hybridized carbons (Fsp3) is 0.273. The first-order chi connectivity index (χ1) is 8.77. The largest absolute Gasteiger partial charge is 0.479 e. The lowest BCUT2D eigenvalue weighted by atomic mass is 9.99. The van der Waals surface area contributed by atoms with Gasteiger partial charge in [0.25, 0.3) is 5.69 Å². The van der Waals surface area contributed by atoms with Crippen LogP contribution in [0.4, 0.5) is 5.69 Å². The molecule has 0 saturated carbocycles. The van der Waals surface area contributed by atoms with Crippen molar-refractivity contribution in [2.24, 2.45) is 0 Å². The zero-order chi connectivity index (χ0) is 14.7. The van der Waals surface area contributed by atoms with Crippen LogP contribution in [0.1, 0.15) is 28.9 Å². The Balaban J connectivity index is 3.51. The monoisotopic (exact) mass is 287 g/mol. The number of nitrogens with zero attached hydrogens (tertiary/aromatic N) is 1. The van der Waals surface area contributed by atoms with Crippen molar-refractivity contribution in [2.45, 2.75) is 18.4 Å². The highest BCUT2D eigenvalue weighted by Crippen LogP contribution is 2.30. The first-order valence-electron chi connectivity index (χ1n) is 5.13. The van der Waals surface area contributed by atoms with Gasteiger partial charge >= 0.3 is 5.97 Å². The molecule has 0 aliphatic heterocycles. The van der Waals surface area contributed by atoms with Crippen molar-refractivity contribution < 1.29 is 24.7 Å². The standard InChI is InChI=1S/C11H10ClNO6/c1-5(12)9(14)6-3-2-4-7(8(6)13(18)19)10(15)11(16)17/h2-5,10,15H,1H3,(H,16,17). The molecule has 2 unspecified atom stereocenters. The number of benzene rings is 1. The van der Waals surface area contributed by atoms with E-state index in [4.69, 9.17) is 16.7 Å². The maximum atomic E-state index is 11.7. The van der Waals surface area contributed by atoms with Gasteiger partial charge in [0.15, 0.2) is 11.9 Å². The molecule has 0 aliphatic carbocycles. The molecular formula is C11H10ClNO6. The molecule has 0 radical (unpaired) electrons. The predicted molar refractivity (Wildman–Crippen MR) is 65.3 cm³/mol. The SMILES string of the molecule is CC(Cl)C(=O)c1cccc(C(O)C(=O)O)c1[N+](=O)[O-]. The van der Waals surface area contributed by atoms with Crippen LogP contribution in [-0.2, 0) is 4.79 Å². The molecule has 2 N–H and O–H groups in total. The van der Waals surface area contributed by atoms with Gasteiger partial charge in [-0.25, -0.2) is 4.79 Å². The number of Topliss-reactive ketones (excluding diaryl/α,β-unsaturated/α-hetero) is 1. The Hall–Kier alpha value is -1.99. The van der Waals surface area contributed by atoms with E-state index in [1.165, 1.54) is 13.0 Å². The number of hydrogen-bond donors (Lipinski definition) is 2. The van der Waals surface area contributed by atoms with Crippen molar-refractivity contribution in [3.8, 4) is 0 Å². The minimum atomic E-state index is -2.08. The summed E-state index contributed by atoms with van der Waals surface area (Å²) in [5.41, 5.74) is -1.53. The zero-order valence-electron chi connectivity index (χ0n) is 9.74. The third kappa shape index (κ3) is 3.07. The molecule has 0 spiro atoms. The van der Waals surface area contributed by atoms with Crippen LogP contribution in [0.25, 0.3) is 0 Å². The highest BCUT2D eigenvalue weighted by Gasteiger charge is 2.31. The number of ketones is 1. The van der Waals surface area contributed by atoms with Gasteiger partial charge in [-0.15, -0.1) is 11.6 Å². The van der Waals surface area contributed by atoms with E-state index in [1.54, 1.807) is 0 Å². The van der Waals surface area contributed by atoms with Gasteiger partial charge in [-0.05, 0) is 19.1 Å². The van der Waals surface area contributed by atoms with E-state index >= 15 is 0 Å². The van der Waals surface area contributed by atoms with Crippen molar-refractivity contribution in [1.82, 2.24) is 0 Å². The third-order valence-corrected chi connectivity index (χ3v) is 2.60. The van der Waals surface area contributed by atoms with Crippen LogP contribution in [0, 0.1) is 10.1 Å². The van der Waals surface area contributed by atoms with Gasteiger partial charge in [0, 0.05) is 0 Å². The zero-order valence-corrected chi connectivity index (χ0v) is 10.5. The molecule has 0 aliphatic rings. The number of para-hydroxylation sites is 1. The molecule has 0 aromatic heterocycles. The van der Waals surface area contributed by atoms with E-state index in [1.807, 2.05) is 0 Å². The van der Waals surface area contributed by atoms with E-state index in [0.717, 1.165) is 12.1 Å². The Labute approximate surface area is 112 Å². The summed E-state index contributed by atoms with van der Waals surface area (Å²) in [4.78, 5) is 32.5. The van der Waals surface area contributed by atoms with E-state index in [2.05, 4.69) is 0 Å². The van der Waals surface area contributed by atoms with Crippen LogP contribution < -0.4 is 0 Å². The van der Waals surface area contributed by atoms with Crippen molar-refractivity contribution in [2.75, 3.05) is 0 Å². The molecule has 1 aromatic carbocycles. The average Bonchev–Trinajstić information content (AvgIpc) is 2.35. The van der Waals surface area contributed by atoms with E-state index in [-0.39, 0.29) is 5.56 Å². The number of carbonyl (C=O) groups is 2. The Bertz CT molecular complexity index is 542. The third-order valence-electron chi connectivity index (χ3n) is 2.41. The molecule has 7 nitrogen and oxygen atoms in total. The average molecular weight is 288 g/mol. The number of nitro groups is 1. The maximum absolute atomic E-state index is 11.7. The van der Waals surface area contributed by atoms with Gasteiger partial charge in [-0.3, -0.25) is 14.9 Å². The fourth-order valence-corrected chi connectivity index (χ4v) is 1.65. The van der Waals surface area contributed by atoms with Gasteiger partial charge in [-0.2, -0.15) is 0 Å². The second-order valence-corrected chi connectivity index (χ2v) is 4.38. The Morgan fingerprint density at radius 3 is 2.42 bits per heavy atom. The molecule has 102 valence electrons. The maximum Gasteiger partial charge on any atom is 0.337 e. The van der Waals surface area contributed by atoms with Gasteiger partial charge < -0.3 is 10.2 Å². The normalized spacial score (nSPS) is 13.6. The number of alkyl halides is 1. The van der Waals surface area contributed by atoms with Crippen LogP contribution in [0.15, 0.2) is 18.2 Å². The minimum Gasteiger partial charge on any atom is -0.479 e. The van der Waals surface area contributed by atoms with E-state index < -0.39 is 39.4 Å². The number of carboxylic acid groups (broad SMARTS) is 1. The number of rotatable bonds is 5. The van der Waals surface area contributed by atoms with Crippen LogP contribution in [0.3, 0.4) is 0 Å². The van der Waals surface area contributed by atoms with Gasteiger partial charge in [0.1, 0.15) is 0 Å². The summed E-state index contributed by atoms with van der Waals surface area (Å²) < 4.78 is 0. The molecule has 0 amide bonds. The summed E-state index contributed by atoms with van der Waals surface area (Å²) in [5, 5.41) is 28.1. The van der Waals surface area contributed by atoms with Crippen molar-refractivity contribution >= 4 is 29.0 Å². The number of halogens is 1. The highest BCUT2D eigenvalue weighted by molar-refractivity contribution is 6.34. The summed E-state index contributed by atoms with van der Waals surface area (Å²) in [6.45, 7) is 1.34. The number of aliphatic hydroxyl groups is 1. The Kier molecular flexibility index (Phi) is 4.57. The molecule has 0 fully saturated rings. The van der Waals surface area contributed by atoms with Crippen molar-refractivity contribution in [3.05, 3.63) is 39.4 Å². The number of carboxylic acids is 1. The minimum absolute atomic E-state index is 0.328. The molecule has 19 heavy (non-hydrogen) atoms. The second-order valence-electron chi connectivity index (χ2n) is 3.72. The van der Waals surface area contributed by atoms with Crippen LogP contribution in [-0.4, -0.2) is 32.3 Å². The molecule has 1 rings (SSSR count). The lowest BCUT2D eigenvalue weighted by Crippen LogP contribution is -2.17. The number of aliphatic carboxylic acids is 1. The van der Waals surface area contributed by atoms with E-state index in [9.17, 15) is 24.8 Å². The quantitative estimate of drug-likeness (QED) is 0.367. The molecule has 8 heteroatoms. The Morgan fingerprint density at radius 1 is 1.42 bits per heavy atom. The molecule has 0 heterocycles. The molecule has 0 saturated heterocycles. The van der Waals surface area contributed by atoms with E-state index in [0.29, 0.717) is 0 Å². The summed E-state index contributed by atoms with van der Waals surface area (Å²) in [6.07, 6.45) is -2.08. The van der Waals surface area contributed by atoms with Crippen LogP contribution >= 0.6 is 11.6 Å². The lowest BCUT2D eigenvalue weighted by molar-refractivity contribution is -0.386. The smallest absolute Gasteiger partial charge is 0.337 e. The van der Waals surface area contributed by atoms with Crippen molar-refractivity contribution in [3.63, 3.8) is 0 Å². The number of carbonyl (C=O) groups excluding carboxylic acids is 1. The predicted octanol–water partition coefficient (Wildman–Crippen LogP) is 1.52. The molecular weight excluding hydrogens is 278 g/mol. The summed E-state index contributed by atoms with van der Waals surface area (Å²) in [7, 11) is 0. The summed E-state index contributed by atoms with van der Waals surface area (Å²) in [5.74, 6) is -2.36. The fourth-order valence-electron chi connectivity index (χ4n) is 1.53. The number of nitro benzene ring substituents is 1. The topological polar surface area (TPSA) is 118 Å². The number of hydrogen-bond acceptors (Lipinski definition) is 5. The first-order valence-corrected chi connectivity index (χ1v) is 5.57. The van der Waals surface area contributed by atoms with Gasteiger partial charge in [0.2, 0.25) is 0 Å². The molecule has 2 atom stereocenters. The van der Waals surface area contributed by atoms with Crippen LogP contribution in [0.5, 0.6) is 0 Å². The second kappa shape index (κ2) is 5.77. The van der Waals surface area contributed by atoms with Gasteiger partial charge in [-0.1, -0.05) is 6.07 Å². The summed E-state index contributed by atoms with van der Waals surface area (Å²) >= 11 is 5.58. The summed E-state index contributed by atoms with van der Waals surface area (Å²) in [6, 6.07) is 3.49. The van der Waals surface area contributed by atoms with Crippen molar-refractivity contribution in [1.29, 1.82) is 0 Å². The lowest BCUT2D eigenvalue weighted by Gasteiger charge is -2.10. The Morgan fingerprint density at radius 2 is 2.00 bits per heavy atom. The molecule has 1 aromatic rings.